The summed E-state index contributed by atoms with van der Waals surface area (Å²) in [5.74, 6) is 0.231. The molecule has 1 aromatic rings. The van der Waals surface area contributed by atoms with Gasteiger partial charge in [0.05, 0.1) is 6.10 Å². The van der Waals surface area contributed by atoms with Crippen LogP contribution in [0.4, 0.5) is 0 Å². The summed E-state index contributed by atoms with van der Waals surface area (Å²) >= 11 is 0. The Labute approximate surface area is 78.7 Å². The second-order valence-electron chi connectivity index (χ2n) is 3.74. The Morgan fingerprint density at radius 1 is 1.23 bits per heavy atom. The lowest BCUT2D eigenvalue weighted by Crippen LogP contribution is -2.13. The van der Waals surface area contributed by atoms with Gasteiger partial charge in [-0.1, -0.05) is 37.3 Å². The van der Waals surface area contributed by atoms with Crippen LogP contribution in [0.2, 0.25) is 0 Å². The summed E-state index contributed by atoms with van der Waals surface area (Å²) in [5, 5.41) is 9.90. The topological polar surface area (TPSA) is 20.2 Å². The molecule has 68 valence electrons. The molecule has 1 aromatic carbocycles. The molecular formula is C12H14O. The molecular weight excluding hydrogens is 160 g/mol. The van der Waals surface area contributed by atoms with Crippen LogP contribution in [-0.2, 0) is 0 Å². The van der Waals surface area contributed by atoms with Crippen LogP contribution in [-0.4, -0.2) is 5.11 Å². The van der Waals surface area contributed by atoms with Gasteiger partial charge in [-0.05, 0) is 23.6 Å². The second kappa shape index (κ2) is 3.00. The van der Waals surface area contributed by atoms with Crippen LogP contribution >= 0.6 is 0 Å². The van der Waals surface area contributed by atoms with E-state index < -0.39 is 0 Å². The summed E-state index contributed by atoms with van der Waals surface area (Å²) in [6.45, 7) is 4.14. The maximum atomic E-state index is 9.90. The van der Waals surface area contributed by atoms with Crippen molar-refractivity contribution < 1.29 is 5.11 Å². The predicted molar refractivity (Wildman–Crippen MR) is 54.2 cm³/mol. The Morgan fingerprint density at radius 3 is 2.69 bits per heavy atom. The van der Waals surface area contributed by atoms with Crippen LogP contribution in [0.1, 0.15) is 31.1 Å². The molecule has 1 N–H and O–H groups in total. The van der Waals surface area contributed by atoms with Gasteiger partial charge in [0, 0.05) is 5.92 Å². The maximum absolute atomic E-state index is 9.90. The number of rotatable bonds is 0. The highest BCUT2D eigenvalue weighted by atomic mass is 16.3. The number of hydrogen-bond donors (Lipinski definition) is 1. The SMILES string of the molecule is CC1=C[C@@H](C)[C@@H](O)c2ccccc21. The fourth-order valence-electron chi connectivity index (χ4n) is 1.97. The van der Waals surface area contributed by atoms with Crippen LogP contribution in [0.15, 0.2) is 30.3 Å². The molecule has 0 amide bonds. The molecule has 0 saturated carbocycles. The molecule has 0 aliphatic heterocycles. The molecule has 1 aliphatic rings. The van der Waals surface area contributed by atoms with E-state index in [1.165, 1.54) is 11.1 Å². The van der Waals surface area contributed by atoms with Crippen molar-refractivity contribution in [3.8, 4) is 0 Å². The lowest BCUT2D eigenvalue weighted by Gasteiger charge is -2.25. The zero-order valence-corrected chi connectivity index (χ0v) is 7.99. The average molecular weight is 174 g/mol. The first-order valence-electron chi connectivity index (χ1n) is 4.66. The van der Waals surface area contributed by atoms with Crippen LogP contribution in [0.3, 0.4) is 0 Å². The van der Waals surface area contributed by atoms with Crippen molar-refractivity contribution in [2.24, 2.45) is 5.92 Å². The van der Waals surface area contributed by atoms with Crippen molar-refractivity contribution in [2.75, 3.05) is 0 Å². The molecule has 0 aromatic heterocycles. The van der Waals surface area contributed by atoms with E-state index in [4.69, 9.17) is 0 Å². The quantitative estimate of drug-likeness (QED) is 0.641. The Hall–Kier alpha value is -1.08. The van der Waals surface area contributed by atoms with Gasteiger partial charge in [0.15, 0.2) is 0 Å². The highest BCUT2D eigenvalue weighted by Gasteiger charge is 2.22. The van der Waals surface area contributed by atoms with Crippen molar-refractivity contribution in [1.82, 2.24) is 0 Å². The van der Waals surface area contributed by atoms with Crippen molar-refractivity contribution in [3.05, 3.63) is 41.5 Å². The van der Waals surface area contributed by atoms with Crippen molar-refractivity contribution in [2.45, 2.75) is 20.0 Å². The van der Waals surface area contributed by atoms with E-state index in [9.17, 15) is 5.11 Å². The monoisotopic (exact) mass is 174 g/mol. The third-order valence-corrected chi connectivity index (χ3v) is 2.72. The van der Waals surface area contributed by atoms with Gasteiger partial charge < -0.3 is 5.11 Å². The summed E-state index contributed by atoms with van der Waals surface area (Å²) in [6, 6.07) is 8.06. The Kier molecular flexibility index (Phi) is 1.97. The molecule has 1 nitrogen and oxygen atoms in total. The van der Waals surface area contributed by atoms with E-state index in [1.807, 2.05) is 25.1 Å². The molecule has 2 atom stereocenters. The van der Waals surface area contributed by atoms with Gasteiger partial charge in [-0.25, -0.2) is 0 Å². The Morgan fingerprint density at radius 2 is 1.92 bits per heavy atom. The molecule has 1 heteroatoms. The summed E-state index contributed by atoms with van der Waals surface area (Å²) in [4.78, 5) is 0. The zero-order valence-electron chi connectivity index (χ0n) is 7.99. The largest absolute Gasteiger partial charge is 0.388 e. The molecule has 2 rings (SSSR count). The predicted octanol–water partition coefficient (Wildman–Crippen LogP) is 2.77. The van der Waals surface area contributed by atoms with E-state index >= 15 is 0 Å². The van der Waals surface area contributed by atoms with Gasteiger partial charge >= 0.3 is 0 Å². The number of aliphatic hydroxyl groups excluding tert-OH is 1. The van der Waals surface area contributed by atoms with Gasteiger partial charge in [0.1, 0.15) is 0 Å². The molecule has 13 heavy (non-hydrogen) atoms. The third-order valence-electron chi connectivity index (χ3n) is 2.72. The van der Waals surface area contributed by atoms with Crippen LogP contribution in [0.25, 0.3) is 5.57 Å². The van der Waals surface area contributed by atoms with Gasteiger partial charge in [-0.2, -0.15) is 0 Å². The fourth-order valence-corrected chi connectivity index (χ4v) is 1.97. The van der Waals surface area contributed by atoms with Crippen molar-refractivity contribution >= 4 is 5.57 Å². The van der Waals surface area contributed by atoms with Gasteiger partial charge in [-0.15, -0.1) is 0 Å². The smallest absolute Gasteiger partial charge is 0.0856 e. The standard InChI is InChI=1S/C12H14O/c1-8-7-9(2)12(13)11-6-4-3-5-10(8)11/h3-7,9,12-13H,1-2H3/t9-,12-/m1/s1. The maximum Gasteiger partial charge on any atom is 0.0856 e. The number of hydrogen-bond acceptors (Lipinski definition) is 1. The number of allylic oxidation sites excluding steroid dienone is 1. The highest BCUT2D eigenvalue weighted by Crippen LogP contribution is 2.35. The minimum absolute atomic E-state index is 0.231. The second-order valence-corrected chi connectivity index (χ2v) is 3.74. The molecule has 0 saturated heterocycles. The van der Waals surface area contributed by atoms with Crippen molar-refractivity contribution in [1.29, 1.82) is 0 Å². The third kappa shape index (κ3) is 1.29. The molecule has 0 bridgehead atoms. The van der Waals surface area contributed by atoms with E-state index in [0.717, 1.165) is 5.56 Å². The first kappa shape index (κ1) is 8.52. The molecule has 0 unspecified atom stereocenters. The lowest BCUT2D eigenvalue weighted by molar-refractivity contribution is 0.137. The van der Waals surface area contributed by atoms with Crippen LogP contribution in [0.5, 0.6) is 0 Å². The molecule has 0 radical (unpaired) electrons. The first-order chi connectivity index (χ1) is 6.20. The van der Waals surface area contributed by atoms with Crippen LogP contribution in [0, 0.1) is 5.92 Å². The average Bonchev–Trinajstić information content (AvgIpc) is 2.15. The number of benzene rings is 1. The molecule has 0 fully saturated rings. The summed E-state index contributed by atoms with van der Waals surface area (Å²) in [5.41, 5.74) is 3.52. The van der Waals surface area contributed by atoms with E-state index in [2.05, 4.69) is 19.1 Å². The number of fused-ring (bicyclic) bond motifs is 1. The van der Waals surface area contributed by atoms with Gasteiger partial charge in [-0.3, -0.25) is 0 Å². The Bertz CT molecular complexity index is 352. The number of aliphatic hydroxyl groups is 1. The summed E-state index contributed by atoms with van der Waals surface area (Å²) in [6.07, 6.45) is 1.80. The van der Waals surface area contributed by atoms with E-state index in [0.29, 0.717) is 0 Å². The summed E-state index contributed by atoms with van der Waals surface area (Å²) in [7, 11) is 0. The Balaban J connectivity index is 2.58. The van der Waals surface area contributed by atoms with Crippen LogP contribution < -0.4 is 0 Å². The van der Waals surface area contributed by atoms with Gasteiger partial charge in [0.2, 0.25) is 0 Å². The van der Waals surface area contributed by atoms with Crippen molar-refractivity contribution in [3.63, 3.8) is 0 Å². The van der Waals surface area contributed by atoms with E-state index in [-0.39, 0.29) is 12.0 Å². The fraction of sp³-hybridized carbons (Fsp3) is 0.333. The zero-order chi connectivity index (χ0) is 9.42. The minimum atomic E-state index is -0.333. The molecule has 1 aliphatic carbocycles. The van der Waals surface area contributed by atoms with Gasteiger partial charge in [0.25, 0.3) is 0 Å². The molecule has 0 spiro atoms. The lowest BCUT2D eigenvalue weighted by atomic mass is 9.84. The minimum Gasteiger partial charge on any atom is -0.388 e. The molecule has 0 heterocycles. The normalized spacial score (nSPS) is 26.5. The first-order valence-corrected chi connectivity index (χ1v) is 4.66. The highest BCUT2D eigenvalue weighted by molar-refractivity contribution is 5.69. The summed E-state index contributed by atoms with van der Waals surface area (Å²) < 4.78 is 0. The van der Waals surface area contributed by atoms with E-state index in [1.54, 1.807) is 0 Å².